The lowest BCUT2D eigenvalue weighted by Gasteiger charge is -2.27. The van der Waals surface area contributed by atoms with Gasteiger partial charge < -0.3 is 15.4 Å². The predicted octanol–water partition coefficient (Wildman–Crippen LogP) is 3.96. The molecule has 1 atom stereocenters. The number of benzene rings is 1. The van der Waals surface area contributed by atoms with E-state index in [-0.39, 0.29) is 23.9 Å². The average Bonchev–Trinajstić information content (AvgIpc) is 2.57. The highest BCUT2D eigenvalue weighted by molar-refractivity contribution is 5.82. The SMILES string of the molecule is CCCOc1ccc(C(F)(F)F)cc1NCC(=O)N[C@@](C)(C#N)C(C)C. The number of nitriles is 1. The smallest absolute Gasteiger partial charge is 0.416 e. The zero-order chi connectivity index (χ0) is 20.0. The first-order valence-electron chi connectivity index (χ1n) is 8.33. The summed E-state index contributed by atoms with van der Waals surface area (Å²) in [5, 5.41) is 14.5. The first-order valence-corrected chi connectivity index (χ1v) is 8.33. The van der Waals surface area contributed by atoms with Crippen molar-refractivity contribution in [3.8, 4) is 11.8 Å². The first kappa shape index (κ1) is 21.6. The van der Waals surface area contributed by atoms with Gasteiger partial charge in [0, 0.05) is 0 Å². The van der Waals surface area contributed by atoms with Gasteiger partial charge in [-0.15, -0.1) is 0 Å². The van der Waals surface area contributed by atoms with Crippen molar-refractivity contribution in [2.24, 2.45) is 5.92 Å². The molecule has 0 spiro atoms. The molecule has 1 aromatic carbocycles. The topological polar surface area (TPSA) is 74.2 Å². The number of nitrogens with one attached hydrogen (secondary N) is 2. The van der Waals surface area contributed by atoms with Gasteiger partial charge in [-0.2, -0.15) is 18.4 Å². The van der Waals surface area contributed by atoms with Crippen LogP contribution in [0.1, 0.15) is 39.7 Å². The van der Waals surface area contributed by atoms with Crippen LogP contribution >= 0.6 is 0 Å². The molecule has 0 aliphatic rings. The highest BCUT2D eigenvalue weighted by atomic mass is 19.4. The molecule has 0 radical (unpaired) electrons. The van der Waals surface area contributed by atoms with Gasteiger partial charge in [-0.3, -0.25) is 4.79 Å². The van der Waals surface area contributed by atoms with Gasteiger partial charge in [-0.25, -0.2) is 0 Å². The number of ether oxygens (including phenoxy) is 1. The third kappa shape index (κ3) is 5.83. The summed E-state index contributed by atoms with van der Waals surface area (Å²) in [6, 6.07) is 5.11. The highest BCUT2D eigenvalue weighted by Gasteiger charge is 2.32. The Bertz CT molecular complexity index is 669. The molecule has 0 fully saturated rings. The van der Waals surface area contributed by atoms with Gasteiger partial charge in [0.25, 0.3) is 0 Å². The predicted molar refractivity (Wildman–Crippen MR) is 92.7 cm³/mol. The Balaban J connectivity index is 2.92. The number of nitrogens with zero attached hydrogens (tertiary/aromatic N) is 1. The monoisotopic (exact) mass is 371 g/mol. The molecule has 0 saturated carbocycles. The summed E-state index contributed by atoms with van der Waals surface area (Å²) in [5.41, 5.74) is -1.83. The van der Waals surface area contributed by atoms with E-state index in [1.807, 2.05) is 13.0 Å². The van der Waals surface area contributed by atoms with Crippen LogP contribution in [0.4, 0.5) is 18.9 Å². The number of alkyl halides is 3. The van der Waals surface area contributed by atoms with Crippen LogP contribution < -0.4 is 15.4 Å². The standard InChI is InChI=1S/C18H24F3N3O2/c1-5-8-26-15-7-6-13(18(19,20)21)9-14(15)23-10-16(25)24-17(4,11-22)12(2)3/h6-7,9,12,23H,5,8,10H2,1-4H3,(H,24,25)/t17-/m0/s1. The lowest BCUT2D eigenvalue weighted by Crippen LogP contribution is -2.50. The van der Waals surface area contributed by atoms with Crippen LogP contribution in [0.2, 0.25) is 0 Å². The molecule has 26 heavy (non-hydrogen) atoms. The largest absolute Gasteiger partial charge is 0.491 e. The zero-order valence-electron chi connectivity index (χ0n) is 15.3. The minimum absolute atomic E-state index is 0.0756. The second kappa shape index (κ2) is 8.79. The van der Waals surface area contributed by atoms with E-state index >= 15 is 0 Å². The van der Waals surface area contributed by atoms with Gasteiger partial charge in [0.05, 0.1) is 30.5 Å². The minimum Gasteiger partial charge on any atom is -0.491 e. The fourth-order valence-corrected chi connectivity index (χ4v) is 1.99. The molecule has 0 aliphatic heterocycles. The second-order valence-electron chi connectivity index (χ2n) is 6.43. The number of carbonyl (C=O) groups excluding carboxylic acids is 1. The maximum Gasteiger partial charge on any atom is 0.416 e. The van der Waals surface area contributed by atoms with Crippen molar-refractivity contribution in [3.05, 3.63) is 23.8 Å². The third-order valence-electron chi connectivity index (χ3n) is 3.99. The molecular weight excluding hydrogens is 347 g/mol. The molecule has 0 aliphatic carbocycles. The molecule has 0 unspecified atom stereocenters. The van der Waals surface area contributed by atoms with Crippen molar-refractivity contribution in [1.82, 2.24) is 5.32 Å². The fourth-order valence-electron chi connectivity index (χ4n) is 1.99. The fraction of sp³-hybridized carbons (Fsp3) is 0.556. The van der Waals surface area contributed by atoms with Crippen LogP contribution in [0.25, 0.3) is 0 Å². The van der Waals surface area contributed by atoms with E-state index in [4.69, 9.17) is 4.74 Å². The first-order chi connectivity index (χ1) is 12.0. The molecule has 0 heterocycles. The van der Waals surface area contributed by atoms with Gasteiger partial charge in [0.2, 0.25) is 5.91 Å². The van der Waals surface area contributed by atoms with Crippen molar-refractivity contribution in [2.75, 3.05) is 18.5 Å². The van der Waals surface area contributed by atoms with Crippen molar-refractivity contribution in [2.45, 2.75) is 45.8 Å². The number of rotatable bonds is 8. The Morgan fingerprint density at radius 2 is 2.00 bits per heavy atom. The number of anilines is 1. The maximum atomic E-state index is 12.9. The molecule has 0 aromatic heterocycles. The lowest BCUT2D eigenvalue weighted by molar-refractivity contribution is -0.137. The Morgan fingerprint density at radius 3 is 2.50 bits per heavy atom. The summed E-state index contributed by atoms with van der Waals surface area (Å²) in [7, 11) is 0. The van der Waals surface area contributed by atoms with E-state index < -0.39 is 23.2 Å². The average molecular weight is 371 g/mol. The van der Waals surface area contributed by atoms with Gasteiger partial charge in [0.15, 0.2) is 0 Å². The number of amides is 1. The van der Waals surface area contributed by atoms with Gasteiger partial charge in [-0.1, -0.05) is 20.8 Å². The summed E-state index contributed by atoms with van der Waals surface area (Å²) in [6.07, 6.45) is -3.81. The number of hydrogen-bond acceptors (Lipinski definition) is 4. The quantitative estimate of drug-likeness (QED) is 0.725. The van der Waals surface area contributed by atoms with E-state index in [1.54, 1.807) is 20.8 Å². The van der Waals surface area contributed by atoms with E-state index in [2.05, 4.69) is 10.6 Å². The number of hydrogen-bond donors (Lipinski definition) is 2. The molecule has 0 bridgehead atoms. The van der Waals surface area contributed by atoms with Crippen LogP contribution in [0.5, 0.6) is 5.75 Å². The molecule has 144 valence electrons. The van der Waals surface area contributed by atoms with E-state index in [0.717, 1.165) is 12.1 Å². The van der Waals surface area contributed by atoms with Gasteiger partial charge in [-0.05, 0) is 37.5 Å². The van der Waals surface area contributed by atoms with E-state index in [9.17, 15) is 23.2 Å². The third-order valence-corrected chi connectivity index (χ3v) is 3.99. The van der Waals surface area contributed by atoms with Crippen molar-refractivity contribution in [3.63, 3.8) is 0 Å². The summed E-state index contributed by atoms with van der Waals surface area (Å²) in [5.74, 6) is -0.394. The van der Waals surface area contributed by atoms with E-state index in [0.29, 0.717) is 13.0 Å². The van der Waals surface area contributed by atoms with Crippen LogP contribution in [-0.2, 0) is 11.0 Å². The molecular formula is C18H24F3N3O2. The molecule has 1 rings (SSSR count). The van der Waals surface area contributed by atoms with Crippen molar-refractivity contribution >= 4 is 11.6 Å². The number of halogens is 3. The summed E-state index contributed by atoms with van der Waals surface area (Å²) in [6.45, 7) is 7.11. The second-order valence-corrected chi connectivity index (χ2v) is 6.43. The zero-order valence-corrected chi connectivity index (χ0v) is 15.3. The molecule has 1 aromatic rings. The lowest BCUT2D eigenvalue weighted by atomic mass is 9.90. The van der Waals surface area contributed by atoms with Crippen LogP contribution in [0.3, 0.4) is 0 Å². The normalized spacial score (nSPS) is 13.7. The summed E-state index contributed by atoms with van der Waals surface area (Å²) in [4.78, 5) is 12.1. The molecule has 8 heteroatoms. The number of carbonyl (C=O) groups is 1. The van der Waals surface area contributed by atoms with Crippen LogP contribution in [0.15, 0.2) is 18.2 Å². The highest BCUT2D eigenvalue weighted by Crippen LogP contribution is 2.35. The van der Waals surface area contributed by atoms with Crippen molar-refractivity contribution < 1.29 is 22.7 Å². The molecule has 2 N–H and O–H groups in total. The maximum absolute atomic E-state index is 12.9. The Labute approximate surface area is 151 Å². The van der Waals surface area contributed by atoms with Crippen molar-refractivity contribution in [1.29, 1.82) is 5.26 Å². The Kier molecular flexibility index (Phi) is 7.30. The summed E-state index contributed by atoms with van der Waals surface area (Å²) >= 11 is 0. The molecule has 0 saturated heterocycles. The summed E-state index contributed by atoms with van der Waals surface area (Å²) < 4.78 is 44.2. The van der Waals surface area contributed by atoms with Crippen LogP contribution in [-0.4, -0.2) is 24.6 Å². The van der Waals surface area contributed by atoms with Crippen LogP contribution in [0, 0.1) is 17.2 Å². The van der Waals surface area contributed by atoms with Gasteiger partial charge >= 0.3 is 6.18 Å². The minimum atomic E-state index is -4.50. The van der Waals surface area contributed by atoms with E-state index in [1.165, 1.54) is 6.07 Å². The Hall–Kier alpha value is -2.43. The van der Waals surface area contributed by atoms with Gasteiger partial charge in [0.1, 0.15) is 11.3 Å². The molecule has 5 nitrogen and oxygen atoms in total. The Morgan fingerprint density at radius 1 is 1.35 bits per heavy atom. The molecule has 1 amide bonds.